The molecule has 4 aromatic carbocycles. The molecule has 0 spiro atoms. The Hall–Kier alpha value is -3.51. The van der Waals surface area contributed by atoms with E-state index in [0.717, 1.165) is 24.3 Å². The summed E-state index contributed by atoms with van der Waals surface area (Å²) >= 11 is 0. The fourth-order valence-electron chi connectivity index (χ4n) is 3.33. The van der Waals surface area contributed by atoms with Crippen molar-refractivity contribution in [3.05, 3.63) is 72.3 Å². The van der Waals surface area contributed by atoms with Crippen molar-refractivity contribution in [3.63, 3.8) is 0 Å². The highest BCUT2D eigenvalue weighted by atomic mass is 32.2. The third-order valence-electron chi connectivity index (χ3n) is 4.85. The van der Waals surface area contributed by atoms with Gasteiger partial charge in [0, 0.05) is 5.39 Å². The Bertz CT molecular complexity index is 1620. The zero-order chi connectivity index (χ0) is 23.3. The van der Waals surface area contributed by atoms with Crippen molar-refractivity contribution in [2.75, 3.05) is 5.32 Å². The molecule has 0 aliphatic carbocycles. The van der Waals surface area contributed by atoms with Crippen LogP contribution >= 0.6 is 0 Å². The molecule has 0 saturated heterocycles. The summed E-state index contributed by atoms with van der Waals surface area (Å²) in [4.78, 5) is 11.8. The van der Waals surface area contributed by atoms with Crippen molar-refractivity contribution in [2.45, 2.75) is 9.79 Å². The van der Waals surface area contributed by atoms with Gasteiger partial charge in [-0.05, 0) is 52.6 Å². The van der Waals surface area contributed by atoms with E-state index in [1.54, 1.807) is 24.3 Å². The largest absolute Gasteiger partial charge is 0.507 e. The molecule has 4 N–H and O–H groups in total. The monoisotopic (exact) mass is 473 g/mol. The average Bonchev–Trinajstić information content (AvgIpc) is 2.71. The fourth-order valence-corrected chi connectivity index (χ4v) is 4.39. The molecule has 0 heterocycles. The lowest BCUT2D eigenvalue weighted by molar-refractivity contribution is 0.102. The number of carbonyl (C=O) groups excluding carboxylic acids is 1. The van der Waals surface area contributed by atoms with Gasteiger partial charge in [0.2, 0.25) is 0 Å². The number of phenolic OH excluding ortho intramolecular Hbond substituents is 1. The lowest BCUT2D eigenvalue weighted by Crippen LogP contribution is -2.13. The fraction of sp³-hybridized carbons (Fsp3) is 0. The van der Waals surface area contributed by atoms with E-state index >= 15 is 0 Å². The minimum atomic E-state index is -4.72. The van der Waals surface area contributed by atoms with Crippen molar-refractivity contribution in [1.29, 1.82) is 0 Å². The SMILES string of the molecule is O=C(Nc1cc(S(=O)(=O)O)cc2cc(S(=O)(=O)O)ccc12)c1cc2ccccc2cc1O. The van der Waals surface area contributed by atoms with Crippen LogP contribution in [0.3, 0.4) is 0 Å². The molecule has 0 aliphatic rings. The number of hydrogen-bond donors (Lipinski definition) is 4. The van der Waals surface area contributed by atoms with Gasteiger partial charge in [-0.2, -0.15) is 16.8 Å². The predicted molar refractivity (Wildman–Crippen MR) is 117 cm³/mol. The highest BCUT2D eigenvalue weighted by molar-refractivity contribution is 7.86. The van der Waals surface area contributed by atoms with E-state index in [2.05, 4.69) is 5.32 Å². The van der Waals surface area contributed by atoms with Crippen LogP contribution < -0.4 is 5.32 Å². The molecule has 32 heavy (non-hydrogen) atoms. The van der Waals surface area contributed by atoms with Gasteiger partial charge in [-0.3, -0.25) is 13.9 Å². The van der Waals surface area contributed by atoms with Crippen LogP contribution in [0, 0.1) is 0 Å². The lowest BCUT2D eigenvalue weighted by Gasteiger charge is -2.13. The van der Waals surface area contributed by atoms with Gasteiger partial charge in [-0.1, -0.05) is 30.3 Å². The highest BCUT2D eigenvalue weighted by Crippen LogP contribution is 2.31. The molecule has 0 saturated carbocycles. The summed E-state index contributed by atoms with van der Waals surface area (Å²) in [6.07, 6.45) is 0. The number of fused-ring (bicyclic) bond motifs is 2. The van der Waals surface area contributed by atoms with Crippen LogP contribution in [0.1, 0.15) is 10.4 Å². The highest BCUT2D eigenvalue weighted by Gasteiger charge is 2.19. The second-order valence-corrected chi connectivity index (χ2v) is 9.82. The van der Waals surface area contributed by atoms with Gasteiger partial charge in [-0.15, -0.1) is 0 Å². The molecule has 0 fully saturated rings. The second kappa shape index (κ2) is 7.57. The standard InChI is InChI=1S/C21H15NO8S2/c23-20-10-13-4-2-1-3-12(13)9-18(20)21(24)22-19-11-16(32(28,29)30)8-14-7-15(31(25,26)27)5-6-17(14)19/h1-11,23H,(H,22,24)(H,25,26,27)(H,28,29,30). The van der Waals surface area contributed by atoms with E-state index in [4.69, 9.17) is 0 Å². The number of nitrogens with one attached hydrogen (secondary N) is 1. The first kappa shape index (κ1) is 21.7. The molecule has 0 aliphatic heterocycles. The molecule has 4 aromatic rings. The molecule has 4 rings (SSSR count). The molecule has 164 valence electrons. The zero-order valence-corrected chi connectivity index (χ0v) is 17.7. The van der Waals surface area contributed by atoms with Gasteiger partial charge in [0.05, 0.1) is 21.0 Å². The van der Waals surface area contributed by atoms with E-state index in [9.17, 15) is 35.8 Å². The Morgan fingerprint density at radius 2 is 1.31 bits per heavy atom. The van der Waals surface area contributed by atoms with Gasteiger partial charge in [0.15, 0.2) is 0 Å². The third kappa shape index (κ3) is 4.14. The maximum absolute atomic E-state index is 12.9. The summed E-state index contributed by atoms with van der Waals surface area (Å²) in [5, 5.41) is 14.4. The molecular weight excluding hydrogens is 458 g/mol. The normalized spacial score (nSPS) is 12.2. The topological polar surface area (TPSA) is 158 Å². The van der Waals surface area contributed by atoms with Crippen LogP contribution in [0.25, 0.3) is 21.5 Å². The molecule has 0 bridgehead atoms. The molecular formula is C21H15NO8S2. The maximum Gasteiger partial charge on any atom is 0.294 e. The van der Waals surface area contributed by atoms with Crippen LogP contribution in [0.5, 0.6) is 5.75 Å². The Labute approximate surface area is 182 Å². The van der Waals surface area contributed by atoms with Crippen LogP contribution in [0.2, 0.25) is 0 Å². The molecule has 0 radical (unpaired) electrons. The Morgan fingerprint density at radius 3 is 1.94 bits per heavy atom. The summed E-state index contributed by atoms with van der Waals surface area (Å²) in [5.74, 6) is -1.06. The molecule has 0 atom stereocenters. The van der Waals surface area contributed by atoms with Crippen LogP contribution in [-0.4, -0.2) is 37.0 Å². The quantitative estimate of drug-likeness (QED) is 0.328. The van der Waals surface area contributed by atoms with Crippen molar-refractivity contribution >= 4 is 53.4 Å². The van der Waals surface area contributed by atoms with Crippen LogP contribution in [0.4, 0.5) is 5.69 Å². The van der Waals surface area contributed by atoms with E-state index in [-0.39, 0.29) is 27.8 Å². The number of aromatic hydroxyl groups is 1. The molecule has 1 amide bonds. The smallest absolute Gasteiger partial charge is 0.294 e. The number of phenols is 1. The van der Waals surface area contributed by atoms with Gasteiger partial charge < -0.3 is 10.4 Å². The summed E-state index contributed by atoms with van der Waals surface area (Å²) in [6.45, 7) is 0. The molecule has 9 nitrogen and oxygen atoms in total. The zero-order valence-electron chi connectivity index (χ0n) is 16.1. The summed E-state index contributed by atoms with van der Waals surface area (Å²) in [6, 6.07) is 15.3. The van der Waals surface area contributed by atoms with Crippen molar-refractivity contribution in [2.24, 2.45) is 0 Å². The van der Waals surface area contributed by atoms with E-state index in [0.29, 0.717) is 10.8 Å². The Morgan fingerprint density at radius 1 is 0.719 bits per heavy atom. The van der Waals surface area contributed by atoms with Crippen LogP contribution in [-0.2, 0) is 20.2 Å². The minimum absolute atomic E-state index is 0.0216. The number of amides is 1. The number of anilines is 1. The first-order valence-corrected chi connectivity index (χ1v) is 11.9. The molecule has 11 heteroatoms. The van der Waals surface area contributed by atoms with E-state index in [1.807, 2.05) is 0 Å². The van der Waals surface area contributed by atoms with Gasteiger partial charge in [0.1, 0.15) is 5.75 Å². The van der Waals surface area contributed by atoms with Gasteiger partial charge >= 0.3 is 0 Å². The van der Waals surface area contributed by atoms with Crippen molar-refractivity contribution in [3.8, 4) is 5.75 Å². The Balaban J connectivity index is 1.86. The summed E-state index contributed by atoms with van der Waals surface area (Å²) in [5.41, 5.74) is -0.141. The Kier molecular flexibility index (Phi) is 5.13. The van der Waals surface area contributed by atoms with Crippen molar-refractivity contribution in [1.82, 2.24) is 0 Å². The van der Waals surface area contributed by atoms with Gasteiger partial charge in [0.25, 0.3) is 26.1 Å². The van der Waals surface area contributed by atoms with Crippen molar-refractivity contribution < 1.29 is 35.8 Å². The van der Waals surface area contributed by atoms with Gasteiger partial charge in [-0.25, -0.2) is 0 Å². The molecule has 0 aromatic heterocycles. The number of benzene rings is 4. The third-order valence-corrected chi connectivity index (χ3v) is 6.53. The first-order valence-electron chi connectivity index (χ1n) is 8.99. The first-order chi connectivity index (χ1) is 14.9. The minimum Gasteiger partial charge on any atom is -0.507 e. The van der Waals surface area contributed by atoms with E-state index in [1.165, 1.54) is 18.2 Å². The number of rotatable bonds is 4. The average molecular weight is 473 g/mol. The van der Waals surface area contributed by atoms with Crippen LogP contribution in [0.15, 0.2) is 76.5 Å². The summed E-state index contributed by atoms with van der Waals surface area (Å²) in [7, 11) is -9.30. The summed E-state index contributed by atoms with van der Waals surface area (Å²) < 4.78 is 65.0. The second-order valence-electron chi connectivity index (χ2n) is 6.97. The number of hydrogen-bond acceptors (Lipinski definition) is 6. The lowest BCUT2D eigenvalue weighted by atomic mass is 10.0. The number of carbonyl (C=O) groups is 1. The predicted octanol–water partition coefficient (Wildman–Crippen LogP) is 3.44. The van der Waals surface area contributed by atoms with E-state index < -0.39 is 35.9 Å². The maximum atomic E-state index is 12.9. The molecule has 0 unspecified atom stereocenters.